The second kappa shape index (κ2) is 7.09. The van der Waals surface area contributed by atoms with E-state index in [1.54, 1.807) is 11.3 Å². The molecule has 3 N–H and O–H groups in total. The predicted octanol–water partition coefficient (Wildman–Crippen LogP) is 0.618. The highest BCUT2D eigenvalue weighted by Gasteiger charge is 2.40. The quantitative estimate of drug-likeness (QED) is 0.745. The van der Waals surface area contributed by atoms with E-state index >= 15 is 0 Å². The fourth-order valence-electron chi connectivity index (χ4n) is 3.82. The molecule has 0 aromatic carbocycles. The van der Waals surface area contributed by atoms with E-state index in [-0.39, 0.29) is 17.6 Å². The number of fused-ring (bicyclic) bond motifs is 2. The minimum Gasteiger partial charge on any atom is -0.374 e. The van der Waals surface area contributed by atoms with Gasteiger partial charge >= 0.3 is 0 Å². The lowest BCUT2D eigenvalue weighted by Crippen LogP contribution is -2.45. The maximum absolute atomic E-state index is 12.5. The van der Waals surface area contributed by atoms with Crippen molar-refractivity contribution in [3.63, 3.8) is 0 Å². The van der Waals surface area contributed by atoms with Crippen molar-refractivity contribution in [3.8, 4) is 0 Å². The highest BCUT2D eigenvalue weighted by Crippen LogP contribution is 2.43. The monoisotopic (exact) mass is 351 g/mol. The summed E-state index contributed by atoms with van der Waals surface area (Å²) in [7, 11) is 0. The Morgan fingerprint density at radius 1 is 1.29 bits per heavy atom. The molecule has 7 heteroatoms. The van der Waals surface area contributed by atoms with Crippen LogP contribution in [0.25, 0.3) is 0 Å². The van der Waals surface area contributed by atoms with Gasteiger partial charge in [-0.05, 0) is 37.6 Å². The van der Waals surface area contributed by atoms with E-state index in [2.05, 4.69) is 22.0 Å². The third-order valence-electron chi connectivity index (χ3n) is 5.14. The van der Waals surface area contributed by atoms with E-state index in [4.69, 9.17) is 9.47 Å². The van der Waals surface area contributed by atoms with Crippen molar-refractivity contribution in [2.75, 3.05) is 45.9 Å². The average molecular weight is 351 g/mol. The number of carbonyl (C=O) groups excluding carboxylic acids is 1. The molecule has 3 aliphatic heterocycles. The number of hydrogen-bond acceptors (Lipinski definition) is 6. The van der Waals surface area contributed by atoms with Crippen LogP contribution in [0.15, 0.2) is 6.07 Å². The van der Waals surface area contributed by atoms with E-state index in [9.17, 15) is 4.79 Å². The molecule has 3 aliphatic rings. The molecule has 1 unspecified atom stereocenters. The molecule has 2 saturated heterocycles. The molecule has 0 radical (unpaired) electrons. The third-order valence-corrected chi connectivity index (χ3v) is 6.33. The Morgan fingerprint density at radius 2 is 2.17 bits per heavy atom. The maximum Gasteiger partial charge on any atom is 0.261 e. The van der Waals surface area contributed by atoms with Gasteiger partial charge in [-0.15, -0.1) is 11.3 Å². The molecule has 0 aliphatic carbocycles. The van der Waals surface area contributed by atoms with Crippen LogP contribution in [0.1, 0.15) is 33.0 Å². The Balaban J connectivity index is 1.45. The lowest BCUT2D eigenvalue weighted by molar-refractivity contribution is -0.0792. The lowest BCUT2D eigenvalue weighted by Gasteiger charge is -2.40. The maximum atomic E-state index is 12.5. The van der Waals surface area contributed by atoms with Gasteiger partial charge in [0.15, 0.2) is 0 Å². The number of piperidine rings is 1. The summed E-state index contributed by atoms with van der Waals surface area (Å²) in [5, 5.41) is 9.70. The van der Waals surface area contributed by atoms with Crippen molar-refractivity contribution in [2.24, 2.45) is 0 Å². The third kappa shape index (κ3) is 3.23. The summed E-state index contributed by atoms with van der Waals surface area (Å²) in [6.07, 6.45) is 2.95. The van der Waals surface area contributed by atoms with E-state index in [1.807, 2.05) is 0 Å². The van der Waals surface area contributed by atoms with Crippen molar-refractivity contribution < 1.29 is 14.3 Å². The van der Waals surface area contributed by atoms with Crippen LogP contribution in [0, 0.1) is 0 Å². The fraction of sp³-hybridized carbons (Fsp3) is 0.706. The summed E-state index contributed by atoms with van der Waals surface area (Å²) in [6, 6.07) is 2.07. The van der Waals surface area contributed by atoms with Crippen molar-refractivity contribution in [1.82, 2.24) is 16.0 Å². The summed E-state index contributed by atoms with van der Waals surface area (Å²) in [5.74, 6) is 0.00709. The van der Waals surface area contributed by atoms with Gasteiger partial charge in [0.2, 0.25) is 0 Å². The van der Waals surface area contributed by atoms with Crippen LogP contribution in [-0.4, -0.2) is 57.9 Å². The summed E-state index contributed by atoms with van der Waals surface area (Å²) in [5.41, 5.74) is 1.07. The molecular formula is C17H25N3O3S. The zero-order valence-electron chi connectivity index (χ0n) is 13.9. The second-order valence-corrected chi connectivity index (χ2v) is 7.83. The molecule has 1 aromatic heterocycles. The lowest BCUT2D eigenvalue weighted by atomic mass is 9.83. The Bertz CT molecular complexity index is 592. The van der Waals surface area contributed by atoms with E-state index in [1.165, 1.54) is 10.4 Å². The van der Waals surface area contributed by atoms with Gasteiger partial charge in [-0.3, -0.25) is 4.79 Å². The summed E-state index contributed by atoms with van der Waals surface area (Å²) in [4.78, 5) is 14.7. The molecule has 2 fully saturated rings. The van der Waals surface area contributed by atoms with Crippen LogP contribution in [0.2, 0.25) is 0 Å². The standard InChI is InChI=1S/C17H25N3O3S/c21-16(20-11-12-10-19-6-8-22-12)15-9-13-14(24-15)1-7-23-17(13)2-4-18-5-3-17/h9,12,18-19H,1-8,10-11H2,(H,20,21). The molecule has 0 saturated carbocycles. The number of thiophene rings is 1. The highest BCUT2D eigenvalue weighted by molar-refractivity contribution is 7.14. The van der Waals surface area contributed by atoms with E-state index < -0.39 is 0 Å². The molecule has 4 heterocycles. The smallest absolute Gasteiger partial charge is 0.261 e. The van der Waals surface area contributed by atoms with Crippen LogP contribution in [-0.2, 0) is 21.5 Å². The van der Waals surface area contributed by atoms with Crippen LogP contribution >= 0.6 is 11.3 Å². The number of hydrogen-bond donors (Lipinski definition) is 3. The molecule has 4 rings (SSSR count). The van der Waals surface area contributed by atoms with Crippen LogP contribution < -0.4 is 16.0 Å². The number of morpholine rings is 1. The number of nitrogens with one attached hydrogen (secondary N) is 3. The van der Waals surface area contributed by atoms with Crippen LogP contribution in [0.5, 0.6) is 0 Å². The van der Waals surface area contributed by atoms with Gasteiger partial charge < -0.3 is 25.4 Å². The fourth-order valence-corrected chi connectivity index (χ4v) is 4.96. The zero-order chi connectivity index (χ0) is 16.4. The molecule has 24 heavy (non-hydrogen) atoms. The highest BCUT2D eigenvalue weighted by atomic mass is 32.1. The largest absolute Gasteiger partial charge is 0.374 e. The van der Waals surface area contributed by atoms with Gasteiger partial charge in [0, 0.05) is 30.9 Å². The topological polar surface area (TPSA) is 71.6 Å². The molecular weight excluding hydrogens is 326 g/mol. The summed E-state index contributed by atoms with van der Waals surface area (Å²) in [6.45, 7) is 5.66. The molecule has 132 valence electrons. The van der Waals surface area contributed by atoms with Crippen molar-refractivity contribution >= 4 is 17.2 Å². The average Bonchev–Trinajstić information content (AvgIpc) is 3.08. The van der Waals surface area contributed by atoms with E-state index in [0.29, 0.717) is 13.2 Å². The molecule has 1 amide bonds. The van der Waals surface area contributed by atoms with Crippen LogP contribution in [0.3, 0.4) is 0 Å². The normalized spacial score (nSPS) is 26.1. The Labute approximate surface area is 146 Å². The molecule has 1 aromatic rings. The Morgan fingerprint density at radius 3 is 2.96 bits per heavy atom. The summed E-state index contributed by atoms with van der Waals surface area (Å²) < 4.78 is 11.8. The van der Waals surface area contributed by atoms with Gasteiger partial charge in [0.05, 0.1) is 29.8 Å². The minimum atomic E-state index is -0.176. The number of carbonyl (C=O) groups is 1. The van der Waals surface area contributed by atoms with Gasteiger partial charge in [0.25, 0.3) is 5.91 Å². The first-order chi connectivity index (χ1) is 11.8. The van der Waals surface area contributed by atoms with Crippen molar-refractivity contribution in [1.29, 1.82) is 0 Å². The predicted molar refractivity (Wildman–Crippen MR) is 92.7 cm³/mol. The molecule has 6 nitrogen and oxygen atoms in total. The first-order valence-corrected chi connectivity index (χ1v) is 9.67. The molecule has 0 bridgehead atoms. The van der Waals surface area contributed by atoms with E-state index in [0.717, 1.165) is 56.9 Å². The van der Waals surface area contributed by atoms with Gasteiger partial charge in [0.1, 0.15) is 0 Å². The minimum absolute atomic E-state index is 0.00709. The molecule has 1 spiro atoms. The number of ether oxygens (including phenoxy) is 2. The second-order valence-electron chi connectivity index (χ2n) is 6.70. The van der Waals surface area contributed by atoms with Gasteiger partial charge in [-0.2, -0.15) is 0 Å². The van der Waals surface area contributed by atoms with Gasteiger partial charge in [-0.1, -0.05) is 0 Å². The number of rotatable bonds is 3. The van der Waals surface area contributed by atoms with Crippen LogP contribution in [0.4, 0.5) is 0 Å². The van der Waals surface area contributed by atoms with Crippen molar-refractivity contribution in [3.05, 3.63) is 21.4 Å². The zero-order valence-corrected chi connectivity index (χ0v) is 14.7. The van der Waals surface area contributed by atoms with Crippen molar-refractivity contribution in [2.45, 2.75) is 31.0 Å². The number of amides is 1. The SMILES string of the molecule is O=C(NCC1CNCCO1)c1cc2c(s1)CCOC21CCNCC1. The summed E-state index contributed by atoms with van der Waals surface area (Å²) >= 11 is 1.63. The van der Waals surface area contributed by atoms with Gasteiger partial charge in [-0.25, -0.2) is 0 Å². The first-order valence-electron chi connectivity index (χ1n) is 8.85. The Kier molecular flexibility index (Phi) is 4.87. The Hall–Kier alpha value is -0.990. The molecule has 1 atom stereocenters. The first kappa shape index (κ1) is 16.5.